The van der Waals surface area contributed by atoms with Crippen molar-refractivity contribution in [2.45, 2.75) is 38.3 Å². The van der Waals surface area contributed by atoms with Crippen molar-refractivity contribution in [1.29, 1.82) is 0 Å². The Morgan fingerprint density at radius 3 is 3.00 bits per heavy atom. The molecule has 4 aliphatic rings. The van der Waals surface area contributed by atoms with Crippen molar-refractivity contribution in [3.8, 4) is 0 Å². The zero-order chi connectivity index (χ0) is 14.6. The Balaban J connectivity index is 1.67. The molecule has 5 rings (SSSR count). The van der Waals surface area contributed by atoms with Gasteiger partial charge in [-0.3, -0.25) is 4.90 Å². The molecule has 4 bridgehead atoms. The van der Waals surface area contributed by atoms with E-state index in [4.69, 9.17) is 11.6 Å². The summed E-state index contributed by atoms with van der Waals surface area (Å²) in [5.41, 5.74) is 3.81. The predicted octanol–water partition coefficient (Wildman–Crippen LogP) is 3.51. The number of aliphatic hydroxyl groups is 1. The fourth-order valence-electron chi connectivity index (χ4n) is 4.73. The van der Waals surface area contributed by atoms with Gasteiger partial charge in [0.05, 0.1) is 0 Å². The molecule has 0 radical (unpaired) electrons. The molecule has 5 atom stereocenters. The van der Waals surface area contributed by atoms with Crippen LogP contribution in [0.4, 0.5) is 0 Å². The van der Waals surface area contributed by atoms with Crippen molar-refractivity contribution < 1.29 is 5.11 Å². The number of benzene rings is 1. The fourth-order valence-corrected chi connectivity index (χ4v) is 4.92. The lowest BCUT2D eigenvalue weighted by Gasteiger charge is -2.51. The maximum atomic E-state index is 9.82. The number of piperidine rings is 3. The fraction of sp³-hybridized carbons (Fsp3) is 0.556. The average molecular weight is 304 g/mol. The maximum absolute atomic E-state index is 9.82. The zero-order valence-corrected chi connectivity index (χ0v) is 13.2. The first-order valence-corrected chi connectivity index (χ1v) is 8.38. The van der Waals surface area contributed by atoms with E-state index >= 15 is 0 Å². The highest BCUT2D eigenvalue weighted by Gasteiger charge is 2.51. The van der Waals surface area contributed by atoms with Crippen molar-refractivity contribution >= 4 is 17.7 Å². The highest BCUT2D eigenvalue weighted by atomic mass is 35.5. The van der Waals surface area contributed by atoms with Gasteiger partial charge in [-0.1, -0.05) is 35.4 Å². The van der Waals surface area contributed by atoms with Crippen LogP contribution < -0.4 is 0 Å². The van der Waals surface area contributed by atoms with Crippen LogP contribution in [0, 0.1) is 18.8 Å². The highest BCUT2D eigenvalue weighted by Crippen LogP contribution is 2.50. The normalized spacial score (nSPS) is 39.2. The summed E-state index contributed by atoms with van der Waals surface area (Å²) in [6, 6.07) is 7.68. The van der Waals surface area contributed by atoms with Crippen LogP contribution in [-0.4, -0.2) is 35.2 Å². The van der Waals surface area contributed by atoms with E-state index in [0.29, 0.717) is 24.5 Å². The SMILES string of the molecule is Cc1ccc(/C=C2\CN3[C@H]4CC[C@@H]3[C@@H](CO)[C@@H]2C4)cc1Cl. The summed E-state index contributed by atoms with van der Waals surface area (Å²) >= 11 is 6.24. The molecule has 0 spiro atoms. The monoisotopic (exact) mass is 303 g/mol. The molecule has 4 aliphatic heterocycles. The largest absolute Gasteiger partial charge is 0.396 e. The van der Waals surface area contributed by atoms with Crippen molar-refractivity contribution in [3.05, 3.63) is 39.9 Å². The van der Waals surface area contributed by atoms with E-state index in [2.05, 4.69) is 29.2 Å². The smallest absolute Gasteiger partial charge is 0.0480 e. The third-order valence-corrected chi connectivity index (χ3v) is 6.24. The molecule has 1 aromatic carbocycles. The van der Waals surface area contributed by atoms with Gasteiger partial charge in [-0.05, 0) is 49.3 Å². The van der Waals surface area contributed by atoms with Crippen LogP contribution >= 0.6 is 11.6 Å². The van der Waals surface area contributed by atoms with E-state index in [1.54, 1.807) is 0 Å². The van der Waals surface area contributed by atoms with Gasteiger partial charge in [0, 0.05) is 36.2 Å². The summed E-state index contributed by atoms with van der Waals surface area (Å²) in [4.78, 5) is 2.64. The number of halogens is 1. The van der Waals surface area contributed by atoms with Gasteiger partial charge >= 0.3 is 0 Å². The van der Waals surface area contributed by atoms with Crippen LogP contribution in [0.2, 0.25) is 5.02 Å². The first kappa shape index (κ1) is 13.8. The van der Waals surface area contributed by atoms with Crippen molar-refractivity contribution in [2.24, 2.45) is 11.8 Å². The molecular weight excluding hydrogens is 282 g/mol. The van der Waals surface area contributed by atoms with Gasteiger partial charge in [0.2, 0.25) is 0 Å². The molecule has 1 unspecified atom stereocenters. The van der Waals surface area contributed by atoms with Crippen LogP contribution in [0.15, 0.2) is 23.8 Å². The summed E-state index contributed by atoms with van der Waals surface area (Å²) in [5, 5.41) is 10.7. The molecule has 0 amide bonds. The Hall–Kier alpha value is -0.830. The molecule has 21 heavy (non-hydrogen) atoms. The molecule has 0 aromatic heterocycles. The van der Waals surface area contributed by atoms with Crippen LogP contribution in [0.25, 0.3) is 6.08 Å². The van der Waals surface area contributed by atoms with Gasteiger partial charge in [0.15, 0.2) is 0 Å². The number of rotatable bonds is 2. The quantitative estimate of drug-likeness (QED) is 0.904. The first-order chi connectivity index (χ1) is 10.2. The highest BCUT2D eigenvalue weighted by molar-refractivity contribution is 6.31. The second-order valence-corrected chi connectivity index (χ2v) is 7.29. The van der Waals surface area contributed by atoms with Gasteiger partial charge in [-0.15, -0.1) is 0 Å². The molecule has 0 saturated carbocycles. The number of hydrogen-bond acceptors (Lipinski definition) is 2. The summed E-state index contributed by atoms with van der Waals surface area (Å²) in [5.74, 6) is 1.00. The molecule has 0 aliphatic carbocycles. The Bertz CT molecular complexity index is 597. The van der Waals surface area contributed by atoms with E-state index < -0.39 is 0 Å². The lowest BCUT2D eigenvalue weighted by molar-refractivity contribution is -0.000634. The van der Waals surface area contributed by atoms with Gasteiger partial charge in [-0.25, -0.2) is 0 Å². The molecular formula is C18H22ClNO. The van der Waals surface area contributed by atoms with Crippen LogP contribution in [0.1, 0.15) is 30.4 Å². The molecule has 4 fully saturated rings. The summed E-state index contributed by atoms with van der Waals surface area (Å²) in [6.07, 6.45) is 6.13. The van der Waals surface area contributed by atoms with E-state index in [1.807, 2.05) is 6.92 Å². The molecule has 1 N–H and O–H groups in total. The Morgan fingerprint density at radius 2 is 2.24 bits per heavy atom. The lowest BCUT2D eigenvalue weighted by atomic mass is 9.71. The minimum absolute atomic E-state index is 0.324. The minimum Gasteiger partial charge on any atom is -0.396 e. The van der Waals surface area contributed by atoms with Crippen molar-refractivity contribution in [1.82, 2.24) is 4.90 Å². The summed E-state index contributed by atoms with van der Waals surface area (Å²) < 4.78 is 0. The minimum atomic E-state index is 0.324. The van der Waals surface area contributed by atoms with E-state index in [0.717, 1.165) is 23.2 Å². The summed E-state index contributed by atoms with van der Waals surface area (Å²) in [7, 11) is 0. The molecule has 3 heteroatoms. The second-order valence-electron chi connectivity index (χ2n) is 6.89. The van der Waals surface area contributed by atoms with Crippen molar-refractivity contribution in [2.75, 3.05) is 13.2 Å². The van der Waals surface area contributed by atoms with E-state index in [9.17, 15) is 5.11 Å². The molecule has 4 heterocycles. The Kier molecular flexibility index (Phi) is 3.36. The maximum Gasteiger partial charge on any atom is 0.0480 e. The van der Waals surface area contributed by atoms with Crippen LogP contribution in [0.3, 0.4) is 0 Å². The Morgan fingerprint density at radius 1 is 1.38 bits per heavy atom. The molecule has 112 valence electrons. The number of aryl methyl sites for hydroxylation is 1. The zero-order valence-electron chi connectivity index (χ0n) is 12.4. The number of nitrogens with zero attached hydrogens (tertiary/aromatic N) is 1. The lowest BCUT2D eigenvalue weighted by Crippen LogP contribution is -2.56. The third-order valence-electron chi connectivity index (χ3n) is 5.83. The second kappa shape index (κ2) is 5.12. The number of fused-ring (bicyclic) bond motifs is 1. The topological polar surface area (TPSA) is 23.5 Å². The van der Waals surface area contributed by atoms with E-state index in [-0.39, 0.29) is 0 Å². The standard InChI is InChI=1S/C18H22ClNO/c1-11-2-3-12(7-17(11)19)6-13-9-20-14-4-5-18(20)16(10-21)15(13)8-14/h2-3,6-7,14-16,18,21H,4-5,8-10H2,1H3/b13-6+/t14-,15+,16-,18+/m0/s1. The summed E-state index contributed by atoms with van der Waals surface area (Å²) in [6.45, 7) is 3.44. The number of hydrogen-bond donors (Lipinski definition) is 1. The predicted molar refractivity (Wildman–Crippen MR) is 86.4 cm³/mol. The molecule has 4 saturated heterocycles. The van der Waals surface area contributed by atoms with Crippen LogP contribution in [-0.2, 0) is 0 Å². The Labute approximate surface area is 131 Å². The van der Waals surface area contributed by atoms with Gasteiger partial charge in [0.1, 0.15) is 0 Å². The van der Waals surface area contributed by atoms with Crippen LogP contribution in [0.5, 0.6) is 0 Å². The van der Waals surface area contributed by atoms with Gasteiger partial charge < -0.3 is 5.11 Å². The van der Waals surface area contributed by atoms with Gasteiger partial charge in [-0.2, -0.15) is 0 Å². The number of aliphatic hydroxyl groups excluding tert-OH is 1. The molecule has 1 aromatic rings. The van der Waals surface area contributed by atoms with E-state index in [1.165, 1.54) is 30.4 Å². The van der Waals surface area contributed by atoms with Gasteiger partial charge in [0.25, 0.3) is 0 Å². The third kappa shape index (κ3) is 2.16. The average Bonchev–Trinajstić information content (AvgIpc) is 2.79. The molecule has 2 nitrogen and oxygen atoms in total. The first-order valence-electron chi connectivity index (χ1n) is 8.00. The van der Waals surface area contributed by atoms with Crippen molar-refractivity contribution in [3.63, 3.8) is 0 Å².